The highest BCUT2D eigenvalue weighted by Crippen LogP contribution is 2.37. The van der Waals surface area contributed by atoms with Crippen LogP contribution < -0.4 is 5.32 Å². The summed E-state index contributed by atoms with van der Waals surface area (Å²) in [4.78, 5) is 12.6. The fourth-order valence-electron chi connectivity index (χ4n) is 4.71. The van der Waals surface area contributed by atoms with Gasteiger partial charge in [0.05, 0.1) is 10.6 Å². The lowest BCUT2D eigenvalue weighted by atomic mass is 9.84. The van der Waals surface area contributed by atoms with Crippen LogP contribution in [0.5, 0.6) is 0 Å². The van der Waals surface area contributed by atoms with Gasteiger partial charge in [0.1, 0.15) is 0 Å². The Bertz CT molecular complexity index is 823. The summed E-state index contributed by atoms with van der Waals surface area (Å²) in [5, 5.41) is 3.06. The molecule has 1 amide bonds. The van der Waals surface area contributed by atoms with E-state index in [9.17, 15) is 22.0 Å². The maximum Gasteiger partial charge on any atom is 0.248 e. The van der Waals surface area contributed by atoms with Gasteiger partial charge < -0.3 is 5.32 Å². The van der Waals surface area contributed by atoms with Gasteiger partial charge in [-0.2, -0.15) is 0 Å². The lowest BCUT2D eigenvalue weighted by Crippen LogP contribution is -2.38. The van der Waals surface area contributed by atoms with Gasteiger partial charge in [-0.15, -0.1) is 0 Å². The summed E-state index contributed by atoms with van der Waals surface area (Å²) in [5.41, 5.74) is 0.935. The molecule has 4 nitrogen and oxygen atoms in total. The number of carbonyl (C=O) groups is 1. The number of hydrogen-bond acceptors (Lipinski definition) is 3. The van der Waals surface area contributed by atoms with Crippen molar-refractivity contribution >= 4 is 15.7 Å². The van der Waals surface area contributed by atoms with E-state index in [1.165, 1.54) is 0 Å². The molecule has 0 saturated heterocycles. The number of alkyl halides is 2. The molecule has 0 unspecified atom stereocenters. The number of carbonyl (C=O) groups excluding carboxylic acids is 1. The summed E-state index contributed by atoms with van der Waals surface area (Å²) in [6.45, 7) is 1.89. The van der Waals surface area contributed by atoms with Crippen molar-refractivity contribution in [1.82, 2.24) is 5.32 Å². The highest BCUT2D eigenvalue weighted by molar-refractivity contribution is 7.91. The molecule has 0 spiro atoms. The number of rotatable bonds is 7. The second kappa shape index (κ2) is 9.75. The number of nitrogens with one attached hydrogen (secondary N) is 1. The zero-order valence-electron chi connectivity index (χ0n) is 17.7. The Morgan fingerprint density at radius 1 is 1.07 bits per heavy atom. The number of sulfone groups is 1. The quantitative estimate of drug-likeness (QED) is 0.644. The van der Waals surface area contributed by atoms with E-state index in [-0.39, 0.29) is 42.4 Å². The van der Waals surface area contributed by atoms with Crippen LogP contribution in [0, 0.1) is 18.8 Å². The van der Waals surface area contributed by atoms with E-state index >= 15 is 0 Å². The summed E-state index contributed by atoms with van der Waals surface area (Å²) in [7, 11) is -3.29. The first-order chi connectivity index (χ1) is 14.1. The molecule has 0 bridgehead atoms. The minimum absolute atomic E-state index is 0.0110. The number of aryl methyl sites for hydroxylation is 1. The Hall–Kier alpha value is -1.50. The van der Waals surface area contributed by atoms with Crippen LogP contribution in [0.2, 0.25) is 0 Å². The third-order valence-corrected chi connectivity index (χ3v) is 8.51. The van der Waals surface area contributed by atoms with Gasteiger partial charge >= 0.3 is 0 Å². The summed E-state index contributed by atoms with van der Waals surface area (Å²) in [6, 6.07) is 7.12. The van der Waals surface area contributed by atoms with Crippen molar-refractivity contribution in [2.24, 2.45) is 11.8 Å². The highest BCUT2D eigenvalue weighted by atomic mass is 32.2. The van der Waals surface area contributed by atoms with Crippen LogP contribution in [-0.4, -0.2) is 32.0 Å². The second-order valence-electron chi connectivity index (χ2n) is 9.22. The Morgan fingerprint density at radius 3 is 2.37 bits per heavy atom. The molecule has 0 aromatic heterocycles. The van der Waals surface area contributed by atoms with Crippen molar-refractivity contribution in [3.8, 4) is 0 Å². The number of hydrogen-bond donors (Lipinski definition) is 1. The van der Waals surface area contributed by atoms with E-state index < -0.39 is 15.8 Å². The summed E-state index contributed by atoms with van der Waals surface area (Å²) >= 11 is 0. The third kappa shape index (κ3) is 6.76. The van der Waals surface area contributed by atoms with E-state index in [4.69, 9.17) is 0 Å². The molecule has 1 aromatic rings. The molecule has 3 rings (SSSR count). The van der Waals surface area contributed by atoms with Gasteiger partial charge in [0.15, 0.2) is 9.84 Å². The standard InChI is InChI=1S/C23H33F2NO3S/c1-17-3-2-4-21(15-17)30(28,29)16-19-5-8-20(9-6-19)26-22(27)10-7-18-11-13-23(24,25)14-12-18/h2-4,15,18-20H,5-14,16H2,1H3,(H,26,27). The Kier molecular flexibility index (Phi) is 7.53. The molecule has 168 valence electrons. The van der Waals surface area contributed by atoms with Crippen molar-refractivity contribution in [3.05, 3.63) is 29.8 Å². The average molecular weight is 442 g/mol. The summed E-state index contributed by atoms with van der Waals surface area (Å²) in [6.07, 6.45) is 5.08. The molecular weight excluding hydrogens is 408 g/mol. The van der Waals surface area contributed by atoms with Crippen molar-refractivity contribution in [1.29, 1.82) is 0 Å². The Morgan fingerprint density at radius 2 is 1.73 bits per heavy atom. The molecule has 0 heterocycles. The molecule has 0 radical (unpaired) electrons. The normalized spacial score (nSPS) is 25.0. The van der Waals surface area contributed by atoms with Crippen LogP contribution in [0.3, 0.4) is 0 Å². The van der Waals surface area contributed by atoms with Gasteiger partial charge in [-0.3, -0.25) is 4.79 Å². The van der Waals surface area contributed by atoms with Crippen molar-refractivity contribution in [2.75, 3.05) is 5.75 Å². The van der Waals surface area contributed by atoms with Gasteiger partial charge in [-0.05, 0) is 81.4 Å². The molecule has 2 aliphatic carbocycles. The molecule has 7 heteroatoms. The van der Waals surface area contributed by atoms with Crippen LogP contribution >= 0.6 is 0 Å². The summed E-state index contributed by atoms with van der Waals surface area (Å²) < 4.78 is 51.8. The van der Waals surface area contributed by atoms with E-state index in [1.54, 1.807) is 18.2 Å². The van der Waals surface area contributed by atoms with Gasteiger partial charge in [0, 0.05) is 25.3 Å². The van der Waals surface area contributed by atoms with E-state index in [1.807, 2.05) is 13.0 Å². The van der Waals surface area contributed by atoms with Gasteiger partial charge in [0.25, 0.3) is 0 Å². The third-order valence-electron chi connectivity index (χ3n) is 6.63. The zero-order valence-corrected chi connectivity index (χ0v) is 18.5. The number of amides is 1. The molecule has 0 atom stereocenters. The molecule has 1 aromatic carbocycles. The first-order valence-corrected chi connectivity index (χ1v) is 12.7. The van der Waals surface area contributed by atoms with Crippen molar-refractivity contribution in [2.45, 2.75) is 88.0 Å². The van der Waals surface area contributed by atoms with Crippen LogP contribution in [0.4, 0.5) is 8.78 Å². The maximum atomic E-state index is 13.2. The highest BCUT2D eigenvalue weighted by Gasteiger charge is 2.35. The van der Waals surface area contributed by atoms with Crippen LogP contribution in [0.25, 0.3) is 0 Å². The van der Waals surface area contributed by atoms with E-state index in [2.05, 4.69) is 5.32 Å². The monoisotopic (exact) mass is 441 g/mol. The smallest absolute Gasteiger partial charge is 0.248 e. The largest absolute Gasteiger partial charge is 0.353 e. The van der Waals surface area contributed by atoms with Gasteiger partial charge in [-0.1, -0.05) is 12.1 Å². The lowest BCUT2D eigenvalue weighted by Gasteiger charge is -2.30. The van der Waals surface area contributed by atoms with Gasteiger partial charge in [-0.25, -0.2) is 17.2 Å². The predicted octanol–water partition coefficient (Wildman–Crippen LogP) is 5.05. The van der Waals surface area contributed by atoms with E-state index in [0.29, 0.717) is 30.6 Å². The van der Waals surface area contributed by atoms with E-state index in [0.717, 1.165) is 31.2 Å². The molecule has 2 fully saturated rings. The topological polar surface area (TPSA) is 63.2 Å². The molecular formula is C23H33F2NO3S. The molecule has 30 heavy (non-hydrogen) atoms. The van der Waals surface area contributed by atoms with Gasteiger partial charge in [0.2, 0.25) is 11.8 Å². The molecule has 0 aliphatic heterocycles. The zero-order chi connectivity index (χ0) is 21.8. The first kappa shape index (κ1) is 23.2. The van der Waals surface area contributed by atoms with Crippen LogP contribution in [0.1, 0.15) is 69.8 Å². The van der Waals surface area contributed by atoms with Crippen LogP contribution in [0.15, 0.2) is 29.2 Å². The molecule has 2 saturated carbocycles. The fourth-order valence-corrected chi connectivity index (χ4v) is 6.51. The lowest BCUT2D eigenvalue weighted by molar-refractivity contribution is -0.122. The molecule has 2 aliphatic rings. The maximum absolute atomic E-state index is 13.2. The Balaban J connectivity index is 1.37. The van der Waals surface area contributed by atoms with Crippen molar-refractivity contribution in [3.63, 3.8) is 0 Å². The fraction of sp³-hybridized carbons (Fsp3) is 0.696. The average Bonchev–Trinajstić information content (AvgIpc) is 2.68. The number of halogens is 2. The van der Waals surface area contributed by atoms with Crippen LogP contribution in [-0.2, 0) is 14.6 Å². The first-order valence-electron chi connectivity index (χ1n) is 11.1. The predicted molar refractivity (Wildman–Crippen MR) is 113 cm³/mol. The SMILES string of the molecule is Cc1cccc(S(=O)(=O)CC2CCC(NC(=O)CCC3CCC(F)(F)CC3)CC2)c1. The summed E-state index contributed by atoms with van der Waals surface area (Å²) in [5.74, 6) is -2.04. The second-order valence-corrected chi connectivity index (χ2v) is 11.3. The van der Waals surface area contributed by atoms with Crippen molar-refractivity contribution < 1.29 is 22.0 Å². The number of benzene rings is 1. The minimum atomic E-state index is -3.29. The Labute approximate surface area is 178 Å². The minimum Gasteiger partial charge on any atom is -0.353 e. The molecule has 1 N–H and O–H groups in total.